The van der Waals surface area contributed by atoms with Crippen LogP contribution in [-0.2, 0) is 6.42 Å². The highest BCUT2D eigenvalue weighted by Crippen LogP contribution is 2.36. The number of anilines is 3. The summed E-state index contributed by atoms with van der Waals surface area (Å²) in [5.74, 6) is 0.507. The Morgan fingerprint density at radius 1 is 1.06 bits per heavy atom. The number of nitrogens with one attached hydrogen (secondary N) is 1. The van der Waals surface area contributed by atoms with Gasteiger partial charge in [0.2, 0.25) is 5.95 Å². The summed E-state index contributed by atoms with van der Waals surface area (Å²) in [7, 11) is 1.88. The third-order valence-electron chi connectivity index (χ3n) is 6.89. The number of amides is 1. The Morgan fingerprint density at radius 3 is 2.47 bits per heavy atom. The maximum atomic E-state index is 13.0. The molecule has 1 aromatic heterocycles. The molecule has 0 bridgehead atoms. The molecule has 36 heavy (non-hydrogen) atoms. The van der Waals surface area contributed by atoms with E-state index in [1.807, 2.05) is 72.3 Å². The second-order valence-electron chi connectivity index (χ2n) is 8.99. The molecule has 0 radical (unpaired) electrons. The van der Waals surface area contributed by atoms with E-state index in [0.717, 1.165) is 47.8 Å². The molecule has 8 nitrogen and oxygen atoms in total. The number of para-hydroxylation sites is 1. The molecular weight excluding hydrogens is 452 g/mol. The predicted molar refractivity (Wildman–Crippen MR) is 145 cm³/mol. The van der Waals surface area contributed by atoms with Gasteiger partial charge in [-0.3, -0.25) is 4.79 Å². The molecule has 2 heterocycles. The normalized spacial score (nSPS) is 14.7. The van der Waals surface area contributed by atoms with E-state index in [9.17, 15) is 9.90 Å². The Balaban J connectivity index is 1.50. The summed E-state index contributed by atoms with van der Waals surface area (Å²) in [5, 5.41) is 13.9. The van der Waals surface area contributed by atoms with Crippen LogP contribution in [0.3, 0.4) is 0 Å². The van der Waals surface area contributed by atoms with Crippen molar-refractivity contribution in [3.63, 3.8) is 0 Å². The van der Waals surface area contributed by atoms with Crippen molar-refractivity contribution >= 4 is 23.2 Å². The maximum absolute atomic E-state index is 13.0. The number of likely N-dealkylation sites (N-methyl/N-ethyl adjacent to an activating group) is 3. The lowest BCUT2D eigenvalue weighted by Gasteiger charge is -2.25. The molecular formula is C28H36N6O2. The number of hydrogen-bond acceptors (Lipinski definition) is 7. The van der Waals surface area contributed by atoms with E-state index in [-0.39, 0.29) is 5.91 Å². The van der Waals surface area contributed by atoms with Crippen LogP contribution in [0.1, 0.15) is 36.7 Å². The molecule has 1 unspecified atom stereocenters. The molecule has 1 atom stereocenters. The van der Waals surface area contributed by atoms with Gasteiger partial charge in [0.15, 0.2) is 0 Å². The lowest BCUT2D eigenvalue weighted by molar-refractivity contribution is 0.0747. The van der Waals surface area contributed by atoms with Gasteiger partial charge in [0.05, 0.1) is 5.69 Å². The molecule has 2 aromatic carbocycles. The standard InChI is InChI=1S/C28H36N6O2/c1-5-33(6-2)16-17-34(7-3)27(36)20-12-14-22(15-13-20)30-28-29-19-21-18-25(35)32(4)24-11-9-8-10-23(24)26(21)31-28/h8-15,19,25,35H,5-7,16-18H2,1-4H3,(H,29,30,31). The van der Waals surface area contributed by atoms with Crippen LogP contribution >= 0.6 is 0 Å². The average Bonchev–Trinajstić information content (AvgIpc) is 3.01. The number of carbonyl (C=O) groups excluding carboxylic acids is 1. The zero-order chi connectivity index (χ0) is 25.7. The second-order valence-corrected chi connectivity index (χ2v) is 8.99. The van der Waals surface area contributed by atoms with E-state index in [1.165, 1.54) is 0 Å². The van der Waals surface area contributed by atoms with Crippen molar-refractivity contribution in [1.29, 1.82) is 0 Å². The number of rotatable bonds is 9. The Labute approximate surface area is 213 Å². The van der Waals surface area contributed by atoms with E-state index in [4.69, 9.17) is 4.98 Å². The maximum Gasteiger partial charge on any atom is 0.253 e. The topological polar surface area (TPSA) is 84.8 Å². The number of aliphatic hydroxyl groups excluding tert-OH is 1. The van der Waals surface area contributed by atoms with Crippen molar-refractivity contribution in [2.45, 2.75) is 33.4 Å². The first-order chi connectivity index (χ1) is 17.4. The van der Waals surface area contributed by atoms with Crippen molar-refractivity contribution in [3.05, 3.63) is 65.9 Å². The summed E-state index contributed by atoms with van der Waals surface area (Å²) in [6.45, 7) is 10.5. The Morgan fingerprint density at radius 2 is 1.78 bits per heavy atom. The van der Waals surface area contributed by atoms with Crippen LogP contribution in [0.2, 0.25) is 0 Å². The summed E-state index contributed by atoms with van der Waals surface area (Å²) < 4.78 is 0. The van der Waals surface area contributed by atoms with Gasteiger partial charge in [0, 0.05) is 67.4 Å². The average molecular weight is 489 g/mol. The van der Waals surface area contributed by atoms with Crippen molar-refractivity contribution in [2.24, 2.45) is 0 Å². The smallest absolute Gasteiger partial charge is 0.253 e. The first kappa shape index (κ1) is 25.6. The minimum absolute atomic E-state index is 0.0387. The molecule has 3 aromatic rings. The molecule has 8 heteroatoms. The lowest BCUT2D eigenvalue weighted by Crippen LogP contribution is -2.38. The van der Waals surface area contributed by atoms with E-state index < -0.39 is 6.23 Å². The Kier molecular flexibility index (Phi) is 8.18. The number of benzene rings is 2. The zero-order valence-corrected chi connectivity index (χ0v) is 21.6. The first-order valence-corrected chi connectivity index (χ1v) is 12.7. The summed E-state index contributed by atoms with van der Waals surface area (Å²) in [6.07, 6.45) is 1.57. The van der Waals surface area contributed by atoms with Gasteiger partial charge in [-0.05, 0) is 50.3 Å². The van der Waals surface area contributed by atoms with Crippen LogP contribution in [0.4, 0.5) is 17.3 Å². The molecule has 1 aliphatic rings. The fraction of sp³-hybridized carbons (Fsp3) is 0.393. The second kappa shape index (κ2) is 11.5. The van der Waals surface area contributed by atoms with Crippen LogP contribution in [0.5, 0.6) is 0 Å². The fourth-order valence-corrected chi connectivity index (χ4v) is 4.54. The number of carbonyl (C=O) groups is 1. The number of hydrogen-bond donors (Lipinski definition) is 2. The van der Waals surface area contributed by atoms with Gasteiger partial charge < -0.3 is 25.1 Å². The molecule has 1 amide bonds. The molecule has 1 aliphatic heterocycles. The van der Waals surface area contributed by atoms with E-state index in [0.29, 0.717) is 31.0 Å². The lowest BCUT2D eigenvalue weighted by atomic mass is 10.1. The van der Waals surface area contributed by atoms with Crippen molar-refractivity contribution in [1.82, 2.24) is 19.8 Å². The van der Waals surface area contributed by atoms with Crippen LogP contribution in [-0.4, -0.2) is 76.8 Å². The fourth-order valence-electron chi connectivity index (χ4n) is 4.54. The third kappa shape index (κ3) is 5.50. The minimum atomic E-state index is -0.644. The van der Waals surface area contributed by atoms with Gasteiger partial charge >= 0.3 is 0 Å². The SMILES string of the molecule is CCN(CC)CCN(CC)C(=O)c1ccc(Nc2ncc3c(n2)-c2ccccc2N(C)C(O)C3)cc1. The van der Waals surface area contributed by atoms with Gasteiger partial charge in [0.25, 0.3) is 5.91 Å². The molecule has 0 aliphatic carbocycles. The van der Waals surface area contributed by atoms with Crippen LogP contribution in [0, 0.1) is 0 Å². The predicted octanol–water partition coefficient (Wildman–Crippen LogP) is 4.00. The van der Waals surface area contributed by atoms with E-state index in [2.05, 4.69) is 29.0 Å². The van der Waals surface area contributed by atoms with Gasteiger partial charge in [-0.1, -0.05) is 32.0 Å². The van der Waals surface area contributed by atoms with Gasteiger partial charge in [-0.25, -0.2) is 9.97 Å². The monoisotopic (exact) mass is 488 g/mol. The molecule has 2 N–H and O–H groups in total. The quantitative estimate of drug-likeness (QED) is 0.471. The number of fused-ring (bicyclic) bond motifs is 3. The Bertz CT molecular complexity index is 1180. The minimum Gasteiger partial charge on any atom is -0.373 e. The van der Waals surface area contributed by atoms with Crippen LogP contribution < -0.4 is 10.2 Å². The number of aromatic nitrogens is 2. The van der Waals surface area contributed by atoms with Gasteiger partial charge in [-0.2, -0.15) is 0 Å². The number of nitrogens with zero attached hydrogens (tertiary/aromatic N) is 5. The Hall–Kier alpha value is -3.49. The summed E-state index contributed by atoms with van der Waals surface area (Å²) >= 11 is 0. The largest absolute Gasteiger partial charge is 0.373 e. The molecule has 190 valence electrons. The van der Waals surface area contributed by atoms with E-state index >= 15 is 0 Å². The van der Waals surface area contributed by atoms with Crippen molar-refractivity contribution in [2.75, 3.05) is 50.0 Å². The summed E-state index contributed by atoms with van der Waals surface area (Å²) in [5.41, 5.74) is 5.06. The highest BCUT2D eigenvalue weighted by Gasteiger charge is 2.25. The summed E-state index contributed by atoms with van der Waals surface area (Å²) in [4.78, 5) is 28.4. The van der Waals surface area contributed by atoms with Gasteiger partial charge in [-0.15, -0.1) is 0 Å². The highest BCUT2D eigenvalue weighted by atomic mass is 16.3. The van der Waals surface area contributed by atoms with Crippen LogP contribution in [0.25, 0.3) is 11.3 Å². The van der Waals surface area contributed by atoms with E-state index in [1.54, 1.807) is 6.20 Å². The summed E-state index contributed by atoms with van der Waals surface area (Å²) in [6, 6.07) is 15.4. The first-order valence-electron chi connectivity index (χ1n) is 12.7. The zero-order valence-electron chi connectivity index (χ0n) is 21.6. The highest BCUT2D eigenvalue weighted by molar-refractivity contribution is 5.94. The third-order valence-corrected chi connectivity index (χ3v) is 6.89. The molecule has 0 saturated heterocycles. The van der Waals surface area contributed by atoms with Crippen LogP contribution in [0.15, 0.2) is 54.7 Å². The molecule has 4 rings (SSSR count). The van der Waals surface area contributed by atoms with Gasteiger partial charge in [0.1, 0.15) is 6.23 Å². The molecule has 0 saturated carbocycles. The van der Waals surface area contributed by atoms with Crippen molar-refractivity contribution < 1.29 is 9.90 Å². The molecule has 0 fully saturated rings. The molecule has 0 spiro atoms. The van der Waals surface area contributed by atoms with Crippen molar-refractivity contribution in [3.8, 4) is 11.3 Å². The number of aliphatic hydroxyl groups is 1.